The number of nitrogens with one attached hydrogen (secondary N) is 1. The maximum Gasteiger partial charge on any atom is 0.270 e. The molecule has 0 radical (unpaired) electrons. The maximum absolute atomic E-state index is 12.7. The summed E-state index contributed by atoms with van der Waals surface area (Å²) in [6.07, 6.45) is 1.63. The number of hydrogen-bond donors (Lipinski definition) is 3. The van der Waals surface area contributed by atoms with Crippen LogP contribution >= 0.6 is 575 Å². The molecule has 4 aromatic rings. The Balaban J connectivity index is 0.000000683. The van der Waals surface area contributed by atoms with Crippen LogP contribution in [0.1, 0.15) is 25.8 Å². The molecule has 43 atom stereocenters. The monoisotopic (exact) mass is 2840 g/mol. The summed E-state index contributed by atoms with van der Waals surface area (Å²) >= 11 is 0. The third-order valence-corrected chi connectivity index (χ3v) is 521. The number of rotatable bonds is 45. The highest BCUT2D eigenvalue weighted by Crippen LogP contribution is 3.51. The van der Waals surface area contributed by atoms with Crippen molar-refractivity contribution in [2.24, 2.45) is 0 Å². The summed E-state index contributed by atoms with van der Waals surface area (Å²) < 4.78 is 43.8. The molecule has 0 aliphatic rings. The van der Waals surface area contributed by atoms with Crippen molar-refractivity contribution in [3.63, 3.8) is 0 Å². The number of aliphatic hydroxyl groups is 1. The van der Waals surface area contributed by atoms with Crippen molar-refractivity contribution < 1.29 is 22.3 Å². The van der Waals surface area contributed by atoms with E-state index < -0.39 is 21.8 Å². The molecule has 4 rings (SSSR count). The van der Waals surface area contributed by atoms with Crippen LogP contribution in [0.5, 0.6) is 0 Å². The maximum atomic E-state index is 12.7. The van der Waals surface area contributed by atoms with Crippen LogP contribution in [-0.2, 0) is 16.4 Å². The summed E-state index contributed by atoms with van der Waals surface area (Å²) in [6.45, 7) is -7.37. The molecule has 43 unspecified atom stereocenters. The van der Waals surface area contributed by atoms with Gasteiger partial charge >= 0.3 is 0 Å². The van der Waals surface area contributed by atoms with E-state index in [1.165, 1.54) is 18.3 Å². The lowest BCUT2D eigenvalue weighted by Gasteiger charge is -2.61. The van der Waals surface area contributed by atoms with E-state index in [0.29, 0.717) is 23.4 Å². The fourth-order valence-corrected chi connectivity index (χ4v) is 1050. The molecule has 0 saturated heterocycles. The second-order valence-electron chi connectivity index (χ2n) is 20.4. The zero-order valence-corrected chi connectivity index (χ0v) is 133. The number of aliphatic hydroxyl groups excluding tert-OH is 1. The summed E-state index contributed by atoms with van der Waals surface area (Å²) in [5.41, 5.74) is 9.00. The van der Waals surface area contributed by atoms with Gasteiger partial charge < -0.3 is 20.6 Å². The Morgan fingerprint density at radius 1 is 0.409 bits per heavy atom. The van der Waals surface area contributed by atoms with Gasteiger partial charge in [-0.3, -0.25) is 0 Å². The second kappa shape index (κ2) is 68.8. The molecular formula is C26H103FN6O4P72S. The van der Waals surface area contributed by atoms with Crippen molar-refractivity contribution in [3.8, 4) is 34.3 Å². The molecule has 0 saturated carbocycles. The van der Waals surface area contributed by atoms with Gasteiger partial charge in [0.2, 0.25) is 5.89 Å². The number of aromatic nitrogens is 4. The lowest BCUT2D eigenvalue weighted by atomic mass is 10.1. The number of halogens is 1. The van der Waals surface area contributed by atoms with Crippen molar-refractivity contribution in [2.75, 3.05) is 19.0 Å². The van der Waals surface area contributed by atoms with Gasteiger partial charge in [0.05, 0.1) is 22.0 Å². The Morgan fingerprint density at radius 2 is 0.691 bits per heavy atom. The number of nitrogen functional groups attached to an aromatic ring is 1. The van der Waals surface area contributed by atoms with E-state index >= 15 is 0 Å². The average Bonchev–Trinajstić information content (AvgIpc) is 0.825. The van der Waals surface area contributed by atoms with E-state index in [1.54, 1.807) is 26.0 Å². The van der Waals surface area contributed by atoms with Gasteiger partial charge in [0.15, 0.2) is 21.3 Å². The third kappa shape index (κ3) is 42.6. The lowest BCUT2D eigenvalue weighted by Crippen LogP contribution is -2.27. The van der Waals surface area contributed by atoms with Gasteiger partial charge in [0.1, 0.15) is 6.67 Å². The van der Waals surface area contributed by atoms with Crippen LogP contribution < -0.4 is 11.1 Å². The van der Waals surface area contributed by atoms with E-state index in [1.807, 2.05) is 24.3 Å². The fourth-order valence-electron chi connectivity index (χ4n) is 7.93. The number of hydrogen-bond acceptors (Lipinski definition) is 10. The number of sulfone groups is 1. The molecule has 10 nitrogen and oxygen atoms in total. The molecule has 0 aliphatic carbocycles. The zero-order chi connectivity index (χ0) is 84.5. The van der Waals surface area contributed by atoms with Gasteiger partial charge in [0, 0.05) is 30.3 Å². The summed E-state index contributed by atoms with van der Waals surface area (Å²) in [4.78, 5) is 8.89. The van der Waals surface area contributed by atoms with Crippen molar-refractivity contribution in [2.45, 2.75) is 43.0 Å². The third-order valence-electron chi connectivity index (χ3n) is 12.4. The predicted octanol–water partition coefficient (Wildman–Crippen LogP) is 45.6. The minimum Gasteiger partial charge on any atom is -0.414 e. The van der Waals surface area contributed by atoms with Crippen LogP contribution in [0.25, 0.3) is 34.3 Å². The molecule has 0 amide bonds. The summed E-state index contributed by atoms with van der Waals surface area (Å²) in [7, 11) is 131. The van der Waals surface area contributed by atoms with Crippen LogP contribution in [0.3, 0.4) is 0 Å². The van der Waals surface area contributed by atoms with Gasteiger partial charge in [-0.2, -0.15) is 0 Å². The standard InChI is InChI=1S/C26H29FN6O4S.H74P72/c1-16(13-27)29-14-18-3-5-20(6-4-18)25-32-33-26(37-25)23-24(28)30-15-22(31-23)19-7-9-21(10-8-19)38(35,36)17(2)11-12-34;1-38(2)56(37)65(55(35)36)70(66(57(39(3)4)40(5)6)58(41(7)8)42(9)10)72(69(63(51(27)28)52(29)30)64(53(31)32)54(33)34)71(67(59(43(11)12)44(13)14)60(45(15)16)46(17)18)68(61(47(19)20)48(21)22)62(49(23)24)50(25)26/h3-10,15-17,29,34H,11-14H2,1-2H3,(H2,28,30);1-37H2. The first-order valence-corrected chi connectivity index (χ1v) is 161. The van der Waals surface area contributed by atoms with Crippen LogP contribution in [0.15, 0.2) is 64.0 Å². The first-order valence-electron chi connectivity index (χ1n) is 28.4. The Labute approximate surface area is 784 Å². The largest absolute Gasteiger partial charge is 0.414 e. The van der Waals surface area contributed by atoms with Crippen molar-refractivity contribution >= 4 is 591 Å². The molecule has 634 valence electrons. The van der Waals surface area contributed by atoms with Crippen LogP contribution in [-0.4, -0.2) is 58.3 Å². The molecule has 2 aromatic heterocycles. The van der Waals surface area contributed by atoms with Gasteiger partial charge in [-0.05, 0) is 295 Å². The van der Waals surface area contributed by atoms with Crippen molar-refractivity contribution in [3.05, 3.63) is 60.3 Å². The normalized spacial score (nSPS) is 15.2. The Kier molecular flexibility index (Phi) is 82.2. The lowest BCUT2D eigenvalue weighted by molar-refractivity contribution is 0.287. The molecule has 0 bridgehead atoms. The fraction of sp³-hybridized carbons (Fsp3) is 0.308. The predicted molar refractivity (Wildman–Crippen MR) is 743 cm³/mol. The molecule has 4 N–H and O–H groups in total. The number of nitrogens with two attached hydrogens (primary N) is 1. The van der Waals surface area contributed by atoms with Gasteiger partial charge in [-0.1, -0.05) is 24.3 Å². The molecule has 0 spiro atoms. The Hall–Kier alpha value is 27.2. The van der Waals surface area contributed by atoms with E-state index in [2.05, 4.69) is 356 Å². The van der Waals surface area contributed by atoms with Crippen LogP contribution in [0.4, 0.5) is 10.2 Å². The molecule has 2 heterocycles. The summed E-state index contributed by atoms with van der Waals surface area (Å²) in [5, 5.41) is 19.7. The zero-order valence-electron chi connectivity index (χ0n) is 58.0. The highest BCUT2D eigenvalue weighted by atomic mass is 33.6. The number of anilines is 1. The summed E-state index contributed by atoms with van der Waals surface area (Å²) in [5.74, 6) is 0.463. The van der Waals surface area contributed by atoms with Gasteiger partial charge in [-0.15, -0.1) is 341 Å². The molecule has 2 aromatic carbocycles. The van der Waals surface area contributed by atoms with Crippen LogP contribution in [0.2, 0.25) is 0 Å². The van der Waals surface area contributed by atoms with E-state index in [4.69, 9.17) is 15.3 Å². The smallest absolute Gasteiger partial charge is 0.270 e. The molecular weight excluding hydrogens is 2740 g/mol. The average molecular weight is 2850 g/mol. The Morgan fingerprint density at radius 3 is 0.973 bits per heavy atom. The first-order chi connectivity index (χ1) is 50.9. The number of benzene rings is 2. The SMILES string of the molecule is CC(CF)NCc1ccc(-c2nnc(-c3nc(-c4ccc(S(=O)(=O)C(C)CCO)cc4)cnc3N)o2)cc1.PP(P)P(P)P(P(P)P)P(P(P(P(P)P)P(P)P)P(P(P)P)P(P)P)P(P(P(P(P)P)P(P)P)P(P(P)P)P(P)P)P(P(P(P(P)P)P(P)P)P(P(P)P)P(P)P)P(P(P(P)P)P(P)P)P(P(P)P)P(P)P. The van der Waals surface area contributed by atoms with Crippen molar-refractivity contribution in [1.29, 1.82) is 0 Å². The van der Waals surface area contributed by atoms with Crippen molar-refractivity contribution in [1.82, 2.24) is 25.5 Å². The molecule has 110 heavy (non-hydrogen) atoms. The van der Waals surface area contributed by atoms with Gasteiger partial charge in [-0.25, -0.2) is 22.8 Å². The minimum absolute atomic E-state index is 0.0892. The van der Waals surface area contributed by atoms with Crippen LogP contribution in [0, 0.1) is 0 Å². The highest BCUT2D eigenvalue weighted by Gasteiger charge is 2.64. The van der Waals surface area contributed by atoms with E-state index in [-0.39, 0.29) is 292 Å². The number of nitrogens with zero attached hydrogens (tertiary/aromatic N) is 4. The quantitative estimate of drug-likeness (QED) is 0.0364. The molecule has 0 fully saturated rings. The summed E-state index contributed by atoms with van der Waals surface area (Å²) in [6, 6.07) is 13.5. The number of alkyl halides is 1. The van der Waals surface area contributed by atoms with Gasteiger partial charge in [0.25, 0.3) is 5.89 Å². The molecule has 84 heteroatoms. The first kappa shape index (κ1) is 131. The molecule has 0 aliphatic heterocycles. The van der Waals surface area contributed by atoms with E-state index in [9.17, 15) is 12.8 Å². The van der Waals surface area contributed by atoms with E-state index in [0.717, 1.165) is 5.56 Å². The minimum atomic E-state index is -3.56. The second-order valence-corrected chi connectivity index (χ2v) is 321. The Bertz CT molecular complexity index is 3200. The highest BCUT2D eigenvalue weighted by molar-refractivity contribution is 9.56. The topological polar surface area (TPSA) is 157 Å².